The van der Waals surface area contributed by atoms with Crippen LogP contribution in [0.3, 0.4) is 0 Å². The van der Waals surface area contributed by atoms with Crippen LogP contribution in [0.1, 0.15) is 31.9 Å². The third-order valence-corrected chi connectivity index (χ3v) is 4.31. The molecule has 8 heteroatoms. The molecule has 0 radical (unpaired) electrons. The van der Waals surface area contributed by atoms with Gasteiger partial charge in [0, 0.05) is 45.5 Å². The van der Waals surface area contributed by atoms with E-state index in [0.29, 0.717) is 13.2 Å². The van der Waals surface area contributed by atoms with Gasteiger partial charge in [-0.05, 0) is 13.3 Å². The molecule has 1 N–H and O–H groups in total. The average molecular weight is 350 g/mol. The van der Waals surface area contributed by atoms with Crippen molar-refractivity contribution in [3.63, 3.8) is 0 Å². The number of carbonyl (C=O) groups is 1. The highest BCUT2D eigenvalue weighted by atomic mass is 16.5. The van der Waals surface area contributed by atoms with Crippen molar-refractivity contribution in [2.45, 2.75) is 32.4 Å². The van der Waals surface area contributed by atoms with E-state index in [-0.39, 0.29) is 24.6 Å². The molecule has 0 aliphatic carbocycles. The highest BCUT2D eigenvalue weighted by Crippen LogP contribution is 2.21. The molecule has 140 valence electrons. The molecule has 0 saturated carbocycles. The Balaban J connectivity index is 2.11. The molecule has 1 aliphatic rings. The third kappa shape index (κ3) is 5.45. The zero-order valence-corrected chi connectivity index (χ0v) is 15.9. The molecule has 25 heavy (non-hydrogen) atoms. The highest BCUT2D eigenvalue weighted by molar-refractivity contribution is 5.85. The lowest BCUT2D eigenvalue weighted by molar-refractivity contribution is -0.127. The smallest absolute Gasteiger partial charge is 0.243 e. The van der Waals surface area contributed by atoms with Crippen molar-refractivity contribution < 1.29 is 9.53 Å². The number of aromatic nitrogens is 2. The summed E-state index contributed by atoms with van der Waals surface area (Å²) in [7, 11) is 5.38. The van der Waals surface area contributed by atoms with E-state index < -0.39 is 0 Å². The second kappa shape index (κ2) is 8.84. The van der Waals surface area contributed by atoms with Gasteiger partial charge in [0.15, 0.2) is 5.96 Å². The van der Waals surface area contributed by atoms with Crippen molar-refractivity contribution in [3.05, 3.63) is 18.0 Å². The number of carbonyl (C=O) groups excluding carboxylic acids is 1. The topological polar surface area (TPSA) is 75.0 Å². The van der Waals surface area contributed by atoms with Gasteiger partial charge in [0.05, 0.1) is 19.3 Å². The number of morpholine rings is 1. The van der Waals surface area contributed by atoms with Crippen LogP contribution in [0.2, 0.25) is 0 Å². The minimum absolute atomic E-state index is 0.0134. The van der Waals surface area contributed by atoms with Gasteiger partial charge in [-0.15, -0.1) is 0 Å². The standard InChI is InChI=1S/C17H30N6O2/c1-6-13(2)20-17(18-10-16(24)21(3)4)23-7-8-25-15(12-23)14-9-19-22(5)11-14/h9,11,13,15H,6-8,10,12H2,1-5H3,(H,18,20). The van der Waals surface area contributed by atoms with Crippen LogP contribution in [0.4, 0.5) is 0 Å². The Labute approximate surface area is 149 Å². The van der Waals surface area contributed by atoms with Crippen LogP contribution in [0.5, 0.6) is 0 Å². The zero-order valence-electron chi connectivity index (χ0n) is 15.9. The van der Waals surface area contributed by atoms with Crippen LogP contribution in [-0.2, 0) is 16.6 Å². The molecule has 1 saturated heterocycles. The number of hydrogen-bond donors (Lipinski definition) is 1. The molecule has 1 fully saturated rings. The number of likely N-dealkylation sites (N-methyl/N-ethyl adjacent to an activating group) is 1. The van der Waals surface area contributed by atoms with Crippen molar-refractivity contribution >= 4 is 11.9 Å². The molecule has 8 nitrogen and oxygen atoms in total. The van der Waals surface area contributed by atoms with E-state index in [1.807, 2.05) is 19.4 Å². The van der Waals surface area contributed by atoms with Gasteiger partial charge in [0.2, 0.25) is 5.91 Å². The predicted molar refractivity (Wildman–Crippen MR) is 97.4 cm³/mol. The van der Waals surface area contributed by atoms with E-state index in [1.165, 1.54) is 0 Å². The van der Waals surface area contributed by atoms with Gasteiger partial charge >= 0.3 is 0 Å². The van der Waals surface area contributed by atoms with Gasteiger partial charge in [-0.25, -0.2) is 4.99 Å². The summed E-state index contributed by atoms with van der Waals surface area (Å²) in [6, 6.07) is 0.285. The first-order chi connectivity index (χ1) is 11.9. The van der Waals surface area contributed by atoms with Crippen LogP contribution >= 0.6 is 0 Å². The first-order valence-corrected chi connectivity index (χ1v) is 8.77. The van der Waals surface area contributed by atoms with Gasteiger partial charge in [-0.1, -0.05) is 6.92 Å². The highest BCUT2D eigenvalue weighted by Gasteiger charge is 2.26. The van der Waals surface area contributed by atoms with Gasteiger partial charge in [-0.3, -0.25) is 9.48 Å². The molecule has 0 bridgehead atoms. The van der Waals surface area contributed by atoms with Gasteiger partial charge in [0.1, 0.15) is 12.6 Å². The molecule has 0 aromatic carbocycles. The molecule has 2 heterocycles. The monoisotopic (exact) mass is 350 g/mol. The maximum Gasteiger partial charge on any atom is 0.243 e. The lowest BCUT2D eigenvalue weighted by Gasteiger charge is -2.35. The fourth-order valence-electron chi connectivity index (χ4n) is 2.49. The zero-order chi connectivity index (χ0) is 18.4. The van der Waals surface area contributed by atoms with Crippen molar-refractivity contribution in [2.24, 2.45) is 12.0 Å². The summed E-state index contributed by atoms with van der Waals surface area (Å²) in [5.74, 6) is 0.752. The molecule has 1 amide bonds. The van der Waals surface area contributed by atoms with Crippen molar-refractivity contribution in [2.75, 3.05) is 40.3 Å². The minimum Gasteiger partial charge on any atom is -0.370 e. The van der Waals surface area contributed by atoms with Crippen LogP contribution in [-0.4, -0.2) is 77.8 Å². The number of ether oxygens (including phenoxy) is 1. The molecule has 1 aliphatic heterocycles. The summed E-state index contributed by atoms with van der Waals surface area (Å²) in [5, 5.41) is 7.66. The van der Waals surface area contributed by atoms with Crippen molar-refractivity contribution in [3.8, 4) is 0 Å². The van der Waals surface area contributed by atoms with Gasteiger partial charge < -0.3 is 19.9 Å². The summed E-state index contributed by atoms with van der Waals surface area (Å²) in [6.45, 7) is 6.42. The Morgan fingerprint density at radius 3 is 2.92 bits per heavy atom. The SMILES string of the molecule is CCC(C)NC(=NCC(=O)N(C)C)N1CCOC(c2cnn(C)c2)C1. The number of nitrogens with one attached hydrogen (secondary N) is 1. The first kappa shape index (κ1) is 19.2. The predicted octanol–water partition coefficient (Wildman–Crippen LogP) is 0.626. The fraction of sp³-hybridized carbons (Fsp3) is 0.706. The van der Waals surface area contributed by atoms with E-state index in [0.717, 1.165) is 24.5 Å². The molecular formula is C17H30N6O2. The summed E-state index contributed by atoms with van der Waals surface area (Å²) in [4.78, 5) is 20.2. The van der Waals surface area contributed by atoms with Gasteiger partial charge in [-0.2, -0.15) is 5.10 Å². The Morgan fingerprint density at radius 2 is 2.32 bits per heavy atom. The van der Waals surface area contributed by atoms with Crippen LogP contribution in [0.25, 0.3) is 0 Å². The van der Waals surface area contributed by atoms with E-state index in [9.17, 15) is 4.79 Å². The van der Waals surface area contributed by atoms with E-state index in [1.54, 1.807) is 23.7 Å². The summed E-state index contributed by atoms with van der Waals surface area (Å²) in [5.41, 5.74) is 1.06. The molecule has 2 rings (SSSR count). The average Bonchev–Trinajstić information content (AvgIpc) is 3.04. The quantitative estimate of drug-likeness (QED) is 0.623. The lowest BCUT2D eigenvalue weighted by Crippen LogP contribution is -2.50. The molecule has 0 spiro atoms. The number of nitrogens with zero attached hydrogens (tertiary/aromatic N) is 5. The van der Waals surface area contributed by atoms with E-state index >= 15 is 0 Å². The second-order valence-electron chi connectivity index (χ2n) is 6.63. The summed E-state index contributed by atoms with van der Waals surface area (Å²) < 4.78 is 7.68. The number of amides is 1. The minimum atomic E-state index is -0.0454. The largest absolute Gasteiger partial charge is 0.370 e. The number of rotatable bonds is 5. The van der Waals surface area contributed by atoms with Crippen LogP contribution in [0.15, 0.2) is 17.4 Å². The number of aliphatic imine (C=N–C) groups is 1. The fourth-order valence-corrected chi connectivity index (χ4v) is 2.49. The van der Waals surface area contributed by atoms with Gasteiger partial charge in [0.25, 0.3) is 0 Å². The first-order valence-electron chi connectivity index (χ1n) is 8.77. The number of hydrogen-bond acceptors (Lipinski definition) is 4. The lowest BCUT2D eigenvalue weighted by atomic mass is 10.1. The molecule has 1 aromatic rings. The molecule has 2 unspecified atom stereocenters. The van der Waals surface area contributed by atoms with Crippen molar-refractivity contribution in [1.82, 2.24) is 24.9 Å². The van der Waals surface area contributed by atoms with Crippen LogP contribution < -0.4 is 5.32 Å². The Hall–Kier alpha value is -2.09. The Bertz CT molecular complexity index is 598. The summed E-state index contributed by atoms with van der Waals surface area (Å²) >= 11 is 0. The van der Waals surface area contributed by atoms with E-state index in [4.69, 9.17) is 4.74 Å². The van der Waals surface area contributed by atoms with E-state index in [2.05, 4.69) is 34.2 Å². The summed E-state index contributed by atoms with van der Waals surface area (Å²) in [6.07, 6.45) is 4.75. The molecule has 2 atom stereocenters. The maximum absolute atomic E-state index is 11.9. The molecular weight excluding hydrogens is 320 g/mol. The third-order valence-electron chi connectivity index (χ3n) is 4.31. The second-order valence-corrected chi connectivity index (χ2v) is 6.63. The molecule has 1 aromatic heterocycles. The number of aryl methyl sites for hydroxylation is 1. The Kier molecular flexibility index (Phi) is 6.81. The Morgan fingerprint density at radius 1 is 1.56 bits per heavy atom. The van der Waals surface area contributed by atoms with Crippen molar-refractivity contribution in [1.29, 1.82) is 0 Å². The van der Waals surface area contributed by atoms with Crippen LogP contribution in [0, 0.1) is 0 Å². The maximum atomic E-state index is 11.9. The normalized spacial score (nSPS) is 19.6. The number of guanidine groups is 1.